The van der Waals surface area contributed by atoms with Crippen LogP contribution in [-0.2, 0) is 4.79 Å². The van der Waals surface area contributed by atoms with Crippen LogP contribution in [0.2, 0.25) is 0 Å². The standard InChI is InChI=1S/C14H20N2O2.ClH/c1-10(15)14(17)16-8-7-11(9-16)12-5-3-4-6-13(12)18-2;/h3-6,10-11H,7-9,15H2,1-2H3;1H/t10-,11?;/m1./s1. The molecule has 0 spiro atoms. The van der Waals surface area contributed by atoms with Gasteiger partial charge in [-0.3, -0.25) is 4.79 Å². The molecule has 1 saturated heterocycles. The number of nitrogens with two attached hydrogens (primary N) is 1. The van der Waals surface area contributed by atoms with Crippen molar-refractivity contribution in [2.75, 3.05) is 20.2 Å². The van der Waals surface area contributed by atoms with Gasteiger partial charge in [0.05, 0.1) is 13.2 Å². The Kier molecular flexibility index (Phi) is 5.63. The van der Waals surface area contributed by atoms with Crippen LogP contribution in [0.4, 0.5) is 0 Å². The molecule has 0 saturated carbocycles. The van der Waals surface area contributed by atoms with Crippen LogP contribution in [-0.4, -0.2) is 37.0 Å². The maximum absolute atomic E-state index is 11.8. The molecule has 1 aromatic carbocycles. The number of hydrogen-bond donors (Lipinski definition) is 1. The number of ether oxygens (including phenoxy) is 1. The Morgan fingerprint density at radius 3 is 2.79 bits per heavy atom. The topological polar surface area (TPSA) is 55.6 Å². The number of benzene rings is 1. The minimum Gasteiger partial charge on any atom is -0.496 e. The zero-order chi connectivity index (χ0) is 13.1. The average molecular weight is 285 g/mol. The van der Waals surface area contributed by atoms with Crippen molar-refractivity contribution >= 4 is 18.3 Å². The summed E-state index contributed by atoms with van der Waals surface area (Å²) in [5.41, 5.74) is 6.82. The van der Waals surface area contributed by atoms with Crippen molar-refractivity contribution in [2.24, 2.45) is 5.73 Å². The van der Waals surface area contributed by atoms with Crippen molar-refractivity contribution in [3.8, 4) is 5.75 Å². The van der Waals surface area contributed by atoms with E-state index in [0.29, 0.717) is 5.92 Å². The van der Waals surface area contributed by atoms with Crippen molar-refractivity contribution < 1.29 is 9.53 Å². The Bertz CT molecular complexity index is 437. The number of likely N-dealkylation sites (tertiary alicyclic amines) is 1. The zero-order valence-electron chi connectivity index (χ0n) is 11.3. The molecule has 1 fully saturated rings. The van der Waals surface area contributed by atoms with E-state index in [1.807, 2.05) is 23.1 Å². The van der Waals surface area contributed by atoms with E-state index >= 15 is 0 Å². The lowest BCUT2D eigenvalue weighted by Crippen LogP contribution is -2.40. The number of methoxy groups -OCH3 is 1. The first-order chi connectivity index (χ1) is 8.63. The molecule has 2 atom stereocenters. The molecule has 1 unspecified atom stereocenters. The first-order valence-corrected chi connectivity index (χ1v) is 6.30. The van der Waals surface area contributed by atoms with Crippen molar-refractivity contribution in [1.29, 1.82) is 0 Å². The molecular weight excluding hydrogens is 264 g/mol. The third-order valence-electron chi connectivity index (χ3n) is 3.47. The summed E-state index contributed by atoms with van der Waals surface area (Å²) in [6.07, 6.45) is 0.971. The molecule has 1 aliphatic heterocycles. The fourth-order valence-electron chi connectivity index (χ4n) is 2.51. The molecule has 0 bridgehead atoms. The number of nitrogens with zero attached hydrogens (tertiary/aromatic N) is 1. The van der Waals surface area contributed by atoms with Gasteiger partial charge < -0.3 is 15.4 Å². The van der Waals surface area contributed by atoms with E-state index in [2.05, 4.69) is 6.07 Å². The van der Waals surface area contributed by atoms with Gasteiger partial charge in [-0.2, -0.15) is 0 Å². The number of hydrogen-bond acceptors (Lipinski definition) is 3. The number of amides is 1. The fourth-order valence-corrected chi connectivity index (χ4v) is 2.51. The SMILES string of the molecule is COc1ccccc1C1CCN(C(=O)[C@@H](C)N)C1.Cl. The largest absolute Gasteiger partial charge is 0.496 e. The van der Waals surface area contributed by atoms with Crippen molar-refractivity contribution in [3.05, 3.63) is 29.8 Å². The van der Waals surface area contributed by atoms with Gasteiger partial charge in [0.2, 0.25) is 5.91 Å². The van der Waals surface area contributed by atoms with Gasteiger partial charge in [-0.1, -0.05) is 18.2 Å². The Morgan fingerprint density at radius 1 is 1.47 bits per heavy atom. The highest BCUT2D eigenvalue weighted by Gasteiger charge is 2.29. The van der Waals surface area contributed by atoms with Crippen LogP contribution in [0.15, 0.2) is 24.3 Å². The maximum atomic E-state index is 11.8. The highest BCUT2D eigenvalue weighted by atomic mass is 35.5. The normalized spacial score (nSPS) is 19.7. The van der Waals surface area contributed by atoms with Crippen LogP contribution in [0, 0.1) is 0 Å². The molecular formula is C14H21ClN2O2. The van der Waals surface area contributed by atoms with E-state index in [4.69, 9.17) is 10.5 Å². The molecule has 4 nitrogen and oxygen atoms in total. The molecule has 106 valence electrons. The molecule has 2 rings (SSSR count). The van der Waals surface area contributed by atoms with Gasteiger partial charge in [0.1, 0.15) is 5.75 Å². The van der Waals surface area contributed by atoms with Crippen molar-refractivity contribution in [3.63, 3.8) is 0 Å². The van der Waals surface area contributed by atoms with E-state index in [9.17, 15) is 4.79 Å². The van der Waals surface area contributed by atoms with Crippen LogP contribution >= 0.6 is 12.4 Å². The van der Waals surface area contributed by atoms with Crippen molar-refractivity contribution in [2.45, 2.75) is 25.3 Å². The number of rotatable bonds is 3. The summed E-state index contributed by atoms with van der Waals surface area (Å²) in [5.74, 6) is 1.29. The smallest absolute Gasteiger partial charge is 0.239 e. The Morgan fingerprint density at radius 2 is 2.16 bits per heavy atom. The average Bonchev–Trinajstić information content (AvgIpc) is 2.87. The molecule has 1 aliphatic rings. The predicted octanol–water partition coefficient (Wildman–Crippen LogP) is 1.78. The van der Waals surface area contributed by atoms with Gasteiger partial charge in [0.15, 0.2) is 0 Å². The molecule has 0 aliphatic carbocycles. The fraction of sp³-hybridized carbons (Fsp3) is 0.500. The molecule has 5 heteroatoms. The second-order valence-electron chi connectivity index (χ2n) is 4.80. The minimum absolute atomic E-state index is 0. The third-order valence-corrected chi connectivity index (χ3v) is 3.47. The summed E-state index contributed by atoms with van der Waals surface area (Å²) < 4.78 is 5.37. The number of halogens is 1. The van der Waals surface area contributed by atoms with E-state index < -0.39 is 6.04 Å². The minimum atomic E-state index is -0.415. The summed E-state index contributed by atoms with van der Waals surface area (Å²) in [7, 11) is 1.68. The predicted molar refractivity (Wildman–Crippen MR) is 77.8 cm³/mol. The van der Waals surface area contributed by atoms with E-state index in [1.165, 1.54) is 5.56 Å². The monoisotopic (exact) mass is 284 g/mol. The van der Waals surface area contributed by atoms with Crippen LogP contribution in [0.1, 0.15) is 24.8 Å². The van der Waals surface area contributed by atoms with E-state index in [0.717, 1.165) is 25.3 Å². The number of carbonyl (C=O) groups excluding carboxylic acids is 1. The van der Waals surface area contributed by atoms with E-state index in [1.54, 1.807) is 14.0 Å². The lowest BCUT2D eigenvalue weighted by atomic mass is 9.97. The molecule has 1 aromatic rings. The molecule has 0 radical (unpaired) electrons. The molecule has 1 heterocycles. The maximum Gasteiger partial charge on any atom is 0.239 e. The van der Waals surface area contributed by atoms with Crippen LogP contribution in [0.3, 0.4) is 0 Å². The quantitative estimate of drug-likeness (QED) is 0.920. The van der Waals surface area contributed by atoms with Crippen LogP contribution < -0.4 is 10.5 Å². The van der Waals surface area contributed by atoms with Crippen molar-refractivity contribution in [1.82, 2.24) is 4.90 Å². The number of para-hydroxylation sites is 1. The van der Waals surface area contributed by atoms with Gasteiger partial charge in [0.25, 0.3) is 0 Å². The number of carbonyl (C=O) groups is 1. The second-order valence-corrected chi connectivity index (χ2v) is 4.80. The van der Waals surface area contributed by atoms with Gasteiger partial charge in [-0.25, -0.2) is 0 Å². The summed E-state index contributed by atoms with van der Waals surface area (Å²) >= 11 is 0. The van der Waals surface area contributed by atoms with Crippen LogP contribution in [0.5, 0.6) is 5.75 Å². The van der Waals surface area contributed by atoms with Gasteiger partial charge in [-0.15, -0.1) is 12.4 Å². The molecule has 19 heavy (non-hydrogen) atoms. The van der Waals surface area contributed by atoms with Gasteiger partial charge in [0, 0.05) is 19.0 Å². The summed E-state index contributed by atoms with van der Waals surface area (Å²) in [5, 5.41) is 0. The first-order valence-electron chi connectivity index (χ1n) is 6.30. The van der Waals surface area contributed by atoms with E-state index in [-0.39, 0.29) is 18.3 Å². The Hall–Kier alpha value is -1.26. The summed E-state index contributed by atoms with van der Waals surface area (Å²) in [6, 6.07) is 7.59. The highest BCUT2D eigenvalue weighted by Crippen LogP contribution is 2.33. The second kappa shape index (κ2) is 6.78. The summed E-state index contributed by atoms with van der Waals surface area (Å²) in [6.45, 7) is 3.25. The lowest BCUT2D eigenvalue weighted by Gasteiger charge is -2.19. The molecule has 0 aromatic heterocycles. The molecule has 2 N–H and O–H groups in total. The zero-order valence-corrected chi connectivity index (χ0v) is 12.2. The summed E-state index contributed by atoms with van der Waals surface area (Å²) in [4.78, 5) is 13.7. The Balaban J connectivity index is 0.00000180. The van der Waals surface area contributed by atoms with Crippen LogP contribution in [0.25, 0.3) is 0 Å². The molecule has 1 amide bonds. The van der Waals surface area contributed by atoms with Gasteiger partial charge in [-0.05, 0) is 25.0 Å². The Labute approximate surface area is 120 Å². The first kappa shape index (κ1) is 15.8. The van der Waals surface area contributed by atoms with Gasteiger partial charge >= 0.3 is 0 Å². The lowest BCUT2D eigenvalue weighted by molar-refractivity contribution is -0.131. The highest BCUT2D eigenvalue weighted by molar-refractivity contribution is 5.85. The third kappa shape index (κ3) is 3.39.